The van der Waals surface area contributed by atoms with Crippen LogP contribution in [-0.4, -0.2) is 0 Å². The Kier molecular flexibility index (Phi) is 10.3. The van der Waals surface area contributed by atoms with Crippen molar-refractivity contribution in [3.63, 3.8) is 0 Å². The Labute approximate surface area is 395 Å². The first kappa shape index (κ1) is 38.1. The van der Waals surface area contributed by atoms with Gasteiger partial charge in [-0.2, -0.15) is 0 Å². The van der Waals surface area contributed by atoms with E-state index in [-0.39, 0.29) is 0 Å². The first-order valence-corrected chi connectivity index (χ1v) is 28.7. The van der Waals surface area contributed by atoms with Gasteiger partial charge in [0.1, 0.15) is 0 Å². The Hall–Kier alpha value is -3.60. The maximum Gasteiger partial charge on any atom is 0.0449 e. The van der Waals surface area contributed by atoms with E-state index in [9.17, 15) is 0 Å². The smallest absolute Gasteiger partial charge is 0.0449 e. The van der Waals surface area contributed by atoms with E-state index in [1.54, 1.807) is 22.7 Å². The van der Waals surface area contributed by atoms with Gasteiger partial charge >= 0.3 is 0 Å². The van der Waals surface area contributed by atoms with Crippen molar-refractivity contribution in [1.82, 2.24) is 0 Å². The molecule has 0 saturated carbocycles. The second-order valence-electron chi connectivity index (χ2n) is 13.6. The van der Waals surface area contributed by atoms with Crippen LogP contribution in [0.15, 0.2) is 156 Å². The minimum Gasteiger partial charge on any atom is -0.143 e. The molecule has 0 bridgehead atoms. The van der Waals surface area contributed by atoms with Crippen molar-refractivity contribution < 1.29 is 0 Å². The van der Waals surface area contributed by atoms with Crippen LogP contribution < -0.4 is 0 Å². The molecule has 12 rings (SSSR count). The maximum absolute atomic E-state index is 2.30. The molecule has 0 spiro atoms. The fourth-order valence-corrected chi connectivity index (χ4v) is 19.4. The zero-order valence-electron chi connectivity index (χ0n) is 30.9. The quantitative estimate of drug-likeness (QED) is 0.121. The zero-order chi connectivity index (χ0) is 39.6. The summed E-state index contributed by atoms with van der Waals surface area (Å²) in [6, 6.07) is 54.4. The summed E-state index contributed by atoms with van der Waals surface area (Å²) in [4.78, 5) is 29.4. The summed E-state index contributed by atoms with van der Waals surface area (Å²) in [6.45, 7) is 0. The largest absolute Gasteiger partial charge is 0.143 e. The lowest BCUT2D eigenvalue weighted by molar-refractivity contribution is 1.88. The molecule has 0 saturated heterocycles. The number of hydrogen-bond donors (Lipinski definition) is 0. The summed E-state index contributed by atoms with van der Waals surface area (Å²) in [5, 5.41) is 4.30. The molecule has 0 aliphatic rings. The highest BCUT2D eigenvalue weighted by atomic mass is 32.1. The molecule has 0 nitrogen and oxygen atoms in total. The third-order valence-electron chi connectivity index (χ3n) is 9.77. The molecule has 0 aromatic carbocycles. The number of rotatable bonds is 11. The van der Waals surface area contributed by atoms with Crippen LogP contribution in [0.1, 0.15) is 0 Å². The van der Waals surface area contributed by atoms with E-state index >= 15 is 0 Å². The molecule has 0 aliphatic carbocycles. The first-order chi connectivity index (χ1) is 29.6. The molecule has 12 heteroatoms. The van der Waals surface area contributed by atoms with Crippen molar-refractivity contribution in [3.8, 4) is 107 Å². The van der Waals surface area contributed by atoms with E-state index in [1.165, 1.54) is 107 Å². The van der Waals surface area contributed by atoms with Crippen LogP contribution in [0, 0.1) is 0 Å². The van der Waals surface area contributed by atoms with Crippen LogP contribution in [0.25, 0.3) is 107 Å². The third kappa shape index (κ3) is 7.44. The second kappa shape index (κ2) is 16.3. The molecule has 12 heterocycles. The standard InChI is InChI=1S/C48H26S12/c1-3-27(49-25-1)29-5-7-31(51-29)33-9-11-35(53-33)37-13-15-39(55-37)41-17-19-43(57-41)45-21-23-47(59-45)48-24-22-46(60-48)44-20-18-42(58-44)40-16-14-38(56-40)36-12-10-34(54-36)32-8-6-30(52-32)28-4-2-26-50-28/h1-26H. The van der Waals surface area contributed by atoms with Gasteiger partial charge in [-0.05, 0) is 144 Å². The minimum atomic E-state index is 1.33. The van der Waals surface area contributed by atoms with Crippen LogP contribution in [0.5, 0.6) is 0 Å². The molecule has 0 atom stereocenters. The van der Waals surface area contributed by atoms with E-state index in [4.69, 9.17) is 0 Å². The Morgan fingerprint density at radius 3 is 0.400 bits per heavy atom. The van der Waals surface area contributed by atoms with Crippen LogP contribution in [-0.2, 0) is 0 Å². The molecular weight excluding hydrogens is 961 g/mol. The van der Waals surface area contributed by atoms with Crippen molar-refractivity contribution in [2.75, 3.05) is 0 Å². The molecule has 0 fully saturated rings. The van der Waals surface area contributed by atoms with Gasteiger partial charge in [0.05, 0.1) is 0 Å². The molecule has 0 N–H and O–H groups in total. The summed E-state index contributed by atoms with van der Waals surface area (Å²) in [5.41, 5.74) is 0. The van der Waals surface area contributed by atoms with Crippen molar-refractivity contribution in [2.24, 2.45) is 0 Å². The third-order valence-corrected chi connectivity index (χ3v) is 24.5. The lowest BCUT2D eigenvalue weighted by Gasteiger charge is -1.93. The Morgan fingerprint density at radius 1 is 0.150 bits per heavy atom. The summed E-state index contributed by atoms with van der Waals surface area (Å²) in [7, 11) is 0. The fraction of sp³-hybridized carbons (Fsp3) is 0. The van der Waals surface area contributed by atoms with Crippen LogP contribution >= 0.6 is 136 Å². The number of thiophene rings is 12. The van der Waals surface area contributed by atoms with E-state index in [1.807, 2.05) is 113 Å². The summed E-state index contributed by atoms with van der Waals surface area (Å²) in [6.07, 6.45) is 0. The first-order valence-electron chi connectivity index (χ1n) is 18.7. The van der Waals surface area contributed by atoms with Crippen LogP contribution in [0.2, 0.25) is 0 Å². The van der Waals surface area contributed by atoms with E-state index < -0.39 is 0 Å². The average molecular weight is 988 g/mol. The monoisotopic (exact) mass is 986 g/mol. The highest BCUT2D eigenvalue weighted by molar-refractivity contribution is 7.33. The molecule has 0 unspecified atom stereocenters. The Bertz CT molecular complexity index is 3120. The SMILES string of the molecule is c1csc(-c2ccc(-c3ccc(-c4ccc(-c5ccc(-c6ccc(-c7ccc(-c8ccc(-c9ccc(-c%10ccc(-c%11ccc(-c%12cccs%12)s%11)s%10)s9)s8)s7)s6)s5)s4)s3)s2)c1. The van der Waals surface area contributed by atoms with Crippen molar-refractivity contribution >= 4 is 136 Å². The molecule has 0 amide bonds. The van der Waals surface area contributed by atoms with Gasteiger partial charge < -0.3 is 0 Å². The molecule has 12 aromatic rings. The molecule has 0 aliphatic heterocycles. The molecule has 290 valence electrons. The van der Waals surface area contributed by atoms with Gasteiger partial charge in [-0.1, -0.05) is 12.1 Å². The van der Waals surface area contributed by atoms with Crippen molar-refractivity contribution in [2.45, 2.75) is 0 Å². The van der Waals surface area contributed by atoms with Crippen LogP contribution in [0.3, 0.4) is 0 Å². The normalized spacial score (nSPS) is 11.7. The summed E-state index contributed by atoms with van der Waals surface area (Å²) < 4.78 is 0. The predicted octanol–water partition coefficient (Wildman–Crippen LogP) is 20.8. The van der Waals surface area contributed by atoms with Crippen molar-refractivity contribution in [1.29, 1.82) is 0 Å². The summed E-state index contributed by atoms with van der Waals surface area (Å²) in [5.74, 6) is 0. The van der Waals surface area contributed by atoms with Gasteiger partial charge in [0, 0.05) is 107 Å². The Morgan fingerprint density at radius 2 is 0.283 bits per heavy atom. The second-order valence-corrected chi connectivity index (χ2v) is 26.3. The van der Waals surface area contributed by atoms with E-state index in [0.717, 1.165) is 0 Å². The number of hydrogen-bond acceptors (Lipinski definition) is 12. The highest BCUT2D eigenvalue weighted by Gasteiger charge is 2.17. The minimum absolute atomic E-state index is 1.33. The maximum atomic E-state index is 2.30. The van der Waals surface area contributed by atoms with E-state index in [2.05, 4.69) is 156 Å². The highest BCUT2D eigenvalue weighted by Crippen LogP contribution is 2.49. The lowest BCUT2D eigenvalue weighted by atomic mass is 10.3. The van der Waals surface area contributed by atoms with E-state index in [0.29, 0.717) is 0 Å². The van der Waals surface area contributed by atoms with Gasteiger partial charge in [-0.3, -0.25) is 0 Å². The van der Waals surface area contributed by atoms with Crippen molar-refractivity contribution in [3.05, 3.63) is 156 Å². The van der Waals surface area contributed by atoms with Gasteiger partial charge in [-0.25, -0.2) is 0 Å². The molecular formula is C48H26S12. The Balaban J connectivity index is 0.709. The topological polar surface area (TPSA) is 0 Å². The lowest BCUT2D eigenvalue weighted by Crippen LogP contribution is -1.59. The molecule has 60 heavy (non-hydrogen) atoms. The van der Waals surface area contributed by atoms with Gasteiger partial charge in [-0.15, -0.1) is 136 Å². The van der Waals surface area contributed by atoms with Crippen LogP contribution in [0.4, 0.5) is 0 Å². The van der Waals surface area contributed by atoms with Gasteiger partial charge in [0.25, 0.3) is 0 Å². The molecule has 12 aromatic heterocycles. The van der Waals surface area contributed by atoms with Gasteiger partial charge in [0.15, 0.2) is 0 Å². The fourth-order valence-electron chi connectivity index (χ4n) is 6.86. The molecule has 0 radical (unpaired) electrons. The average Bonchev–Trinajstić information content (AvgIpc) is 4.14. The predicted molar refractivity (Wildman–Crippen MR) is 281 cm³/mol. The summed E-state index contributed by atoms with van der Waals surface area (Å²) >= 11 is 22.5. The zero-order valence-corrected chi connectivity index (χ0v) is 40.7. The van der Waals surface area contributed by atoms with Gasteiger partial charge in [0.2, 0.25) is 0 Å².